The molecule has 0 fully saturated rings. The molecule has 0 saturated carbocycles. The van der Waals surface area contributed by atoms with E-state index in [4.69, 9.17) is 19.0 Å². The Bertz CT molecular complexity index is 1740. The van der Waals surface area contributed by atoms with E-state index >= 15 is 0 Å². The van der Waals surface area contributed by atoms with Gasteiger partial charge in [0.1, 0.15) is 24.4 Å². The average Bonchev–Trinajstić information content (AvgIpc) is 3.53. The molecule has 0 bridgehead atoms. The number of aliphatic hydroxyl groups is 1. The minimum Gasteiger partial charge on any atom is -0.540 e. The van der Waals surface area contributed by atoms with Gasteiger partial charge in [0.15, 0.2) is 5.75 Å². The van der Waals surface area contributed by atoms with Crippen LogP contribution in [0.3, 0.4) is 0 Å². The minimum absolute atomic E-state index is 0.0327. The van der Waals surface area contributed by atoms with Crippen molar-refractivity contribution < 1.29 is 43.3 Å². The molecule has 1 aliphatic heterocycles. The number of carbonyl (C=O) groups is 4. The maximum Gasteiger partial charge on any atom is 0.411 e. The second-order valence-electron chi connectivity index (χ2n) is 15.8. The standard InChI is InChI=1S/C42H63N5O9Si/c1-12-13-31-18-34(23-48)47(21-31)22-32-19-36(54-11)37(56-57(26(4)5,27(6)7)28(8)9)20-35(32)45-42(53)55-24-30-14-16-33(17-15-30)44-39(49)29(10)43-40(50)38(25(2)3)46-41(51)52/h12-17,19-21,25-29,34,38,46,48H,18,22-24H2,1-11H3,(H,43,50)(H,44,49)(H,45,53)(H,51,52)/b13-12+/t29-,34-,38-/m0/s1. The molecule has 0 saturated heterocycles. The van der Waals surface area contributed by atoms with Crippen LogP contribution in [0, 0.1) is 5.92 Å². The number of rotatable bonds is 19. The monoisotopic (exact) mass is 809 g/mol. The normalized spacial score (nSPS) is 15.5. The highest BCUT2D eigenvalue weighted by molar-refractivity contribution is 6.78. The first-order valence-electron chi connectivity index (χ1n) is 19.6. The number of ether oxygens (including phenoxy) is 2. The fourth-order valence-corrected chi connectivity index (χ4v) is 12.8. The summed E-state index contributed by atoms with van der Waals surface area (Å²) in [5.74, 6) is -0.325. The van der Waals surface area contributed by atoms with E-state index in [0.717, 1.165) is 11.1 Å². The second-order valence-corrected chi connectivity index (χ2v) is 21.2. The molecule has 314 valence electrons. The summed E-state index contributed by atoms with van der Waals surface area (Å²) in [6, 6.07) is 8.31. The number of aliphatic hydroxyl groups excluding tert-OH is 1. The summed E-state index contributed by atoms with van der Waals surface area (Å²) in [5.41, 5.74) is 4.34. The third kappa shape index (κ3) is 12.2. The van der Waals surface area contributed by atoms with Gasteiger partial charge in [-0.3, -0.25) is 14.9 Å². The molecule has 0 unspecified atom stereocenters. The molecule has 1 heterocycles. The molecule has 57 heavy (non-hydrogen) atoms. The zero-order valence-corrected chi connectivity index (χ0v) is 36.3. The van der Waals surface area contributed by atoms with E-state index in [2.05, 4.69) is 67.7 Å². The number of nitrogens with zero attached hydrogens (tertiary/aromatic N) is 1. The lowest BCUT2D eigenvalue weighted by Crippen LogP contribution is -2.53. The van der Waals surface area contributed by atoms with Gasteiger partial charge >= 0.3 is 12.2 Å². The summed E-state index contributed by atoms with van der Waals surface area (Å²) in [6.45, 7) is 20.3. The third-order valence-electron chi connectivity index (χ3n) is 10.4. The van der Waals surface area contributed by atoms with Gasteiger partial charge in [-0.1, -0.05) is 79.7 Å². The first-order valence-corrected chi connectivity index (χ1v) is 21.7. The lowest BCUT2D eigenvalue weighted by molar-refractivity contribution is -0.128. The molecule has 1 aliphatic rings. The van der Waals surface area contributed by atoms with Gasteiger partial charge in [0.25, 0.3) is 8.32 Å². The van der Waals surface area contributed by atoms with E-state index in [-0.39, 0.29) is 25.2 Å². The van der Waals surface area contributed by atoms with Crippen molar-refractivity contribution >= 4 is 43.7 Å². The summed E-state index contributed by atoms with van der Waals surface area (Å²) >= 11 is 0. The maximum absolute atomic E-state index is 13.4. The first kappa shape index (κ1) is 46.4. The van der Waals surface area contributed by atoms with Crippen molar-refractivity contribution in [3.05, 3.63) is 71.5 Å². The van der Waals surface area contributed by atoms with Crippen molar-refractivity contribution in [1.29, 1.82) is 0 Å². The number of hydrogen-bond donors (Lipinski definition) is 6. The molecule has 2 aromatic rings. The van der Waals surface area contributed by atoms with Crippen LogP contribution in [0.25, 0.3) is 0 Å². The van der Waals surface area contributed by atoms with Crippen LogP contribution in [0.2, 0.25) is 16.6 Å². The Morgan fingerprint density at radius 3 is 2.05 bits per heavy atom. The van der Waals surface area contributed by atoms with Crippen LogP contribution >= 0.6 is 0 Å². The number of carbonyl (C=O) groups excluding carboxylic acids is 3. The van der Waals surface area contributed by atoms with Crippen molar-refractivity contribution in [1.82, 2.24) is 15.5 Å². The quantitative estimate of drug-likeness (QED) is 0.0766. The van der Waals surface area contributed by atoms with Crippen LogP contribution in [-0.2, 0) is 27.5 Å². The van der Waals surface area contributed by atoms with E-state index in [1.54, 1.807) is 45.2 Å². The smallest absolute Gasteiger partial charge is 0.411 e. The summed E-state index contributed by atoms with van der Waals surface area (Å²) in [6.07, 6.45) is 4.70. The number of hydrogen-bond acceptors (Lipinski definition) is 9. The van der Waals surface area contributed by atoms with Crippen molar-refractivity contribution in [2.45, 2.75) is 124 Å². The van der Waals surface area contributed by atoms with Gasteiger partial charge in [-0.25, -0.2) is 9.59 Å². The number of benzene rings is 2. The predicted molar refractivity (Wildman–Crippen MR) is 225 cm³/mol. The van der Waals surface area contributed by atoms with Crippen LogP contribution in [-0.4, -0.2) is 79.3 Å². The highest BCUT2D eigenvalue weighted by Crippen LogP contribution is 2.46. The number of allylic oxidation sites excluding steroid dienone is 2. The van der Waals surface area contributed by atoms with E-state index in [0.29, 0.717) is 58.0 Å². The topological polar surface area (TPSA) is 188 Å². The highest BCUT2D eigenvalue weighted by atomic mass is 28.4. The number of carboxylic acid groups (broad SMARTS) is 1. The fourth-order valence-electron chi connectivity index (χ4n) is 7.53. The van der Waals surface area contributed by atoms with Gasteiger partial charge in [-0.2, -0.15) is 0 Å². The van der Waals surface area contributed by atoms with Gasteiger partial charge in [-0.15, -0.1) is 0 Å². The van der Waals surface area contributed by atoms with Crippen LogP contribution in [0.4, 0.5) is 21.0 Å². The molecule has 15 heteroatoms. The van der Waals surface area contributed by atoms with Crippen LogP contribution < -0.4 is 30.4 Å². The molecule has 14 nitrogen and oxygen atoms in total. The van der Waals surface area contributed by atoms with Crippen molar-refractivity contribution in [2.24, 2.45) is 5.92 Å². The summed E-state index contributed by atoms with van der Waals surface area (Å²) < 4.78 is 18.6. The van der Waals surface area contributed by atoms with E-state index in [1.807, 2.05) is 37.4 Å². The average molecular weight is 810 g/mol. The van der Waals surface area contributed by atoms with Crippen molar-refractivity contribution in [2.75, 3.05) is 24.4 Å². The second kappa shape index (κ2) is 20.9. The number of amides is 4. The fraction of sp³-hybridized carbons (Fsp3) is 0.524. The molecule has 4 amide bonds. The molecule has 0 aromatic heterocycles. The van der Waals surface area contributed by atoms with Gasteiger partial charge in [0, 0.05) is 24.5 Å². The molecule has 0 radical (unpaired) electrons. The number of nitrogens with one attached hydrogen (secondary N) is 4. The van der Waals surface area contributed by atoms with Crippen LogP contribution in [0.5, 0.6) is 11.5 Å². The highest BCUT2D eigenvalue weighted by Gasteiger charge is 2.47. The van der Waals surface area contributed by atoms with Crippen molar-refractivity contribution in [3.63, 3.8) is 0 Å². The lowest BCUT2D eigenvalue weighted by Gasteiger charge is -2.42. The Labute approximate surface area is 338 Å². The summed E-state index contributed by atoms with van der Waals surface area (Å²) in [7, 11) is -0.817. The number of methoxy groups -OCH3 is 1. The lowest BCUT2D eigenvalue weighted by atomic mass is 10.0. The largest absolute Gasteiger partial charge is 0.540 e. The zero-order valence-electron chi connectivity index (χ0n) is 35.3. The Kier molecular flexibility index (Phi) is 17.0. The van der Waals surface area contributed by atoms with Gasteiger partial charge in [0.05, 0.1) is 25.4 Å². The van der Waals surface area contributed by atoms with Crippen molar-refractivity contribution in [3.8, 4) is 11.5 Å². The molecule has 0 spiro atoms. The predicted octanol–water partition coefficient (Wildman–Crippen LogP) is 7.76. The van der Waals surface area contributed by atoms with Gasteiger partial charge in [-0.05, 0) is 77.7 Å². The summed E-state index contributed by atoms with van der Waals surface area (Å²) in [4.78, 5) is 52.0. The van der Waals surface area contributed by atoms with Crippen LogP contribution in [0.1, 0.15) is 86.8 Å². The Morgan fingerprint density at radius 1 is 0.895 bits per heavy atom. The molecule has 0 aliphatic carbocycles. The molecule has 3 rings (SSSR count). The van der Waals surface area contributed by atoms with Gasteiger partial charge in [0.2, 0.25) is 11.8 Å². The Morgan fingerprint density at radius 2 is 1.53 bits per heavy atom. The maximum atomic E-state index is 13.4. The molecule has 6 N–H and O–H groups in total. The van der Waals surface area contributed by atoms with Gasteiger partial charge < -0.3 is 45.0 Å². The molecular weight excluding hydrogens is 747 g/mol. The Balaban J connectivity index is 1.81. The van der Waals surface area contributed by atoms with E-state index < -0.39 is 44.4 Å². The SMILES string of the molecule is C/C=C/C1=CN(Cc2cc(OC)c(O[Si](C(C)C)(C(C)C)C(C)C)cc2NC(=O)OCc2ccc(NC(=O)[C@H](C)NC(=O)[C@@H](NC(=O)O)C(C)C)cc2)[C@H](CO)C1. The zero-order chi connectivity index (χ0) is 42.6. The first-order chi connectivity index (χ1) is 26.9. The molecule has 2 aromatic carbocycles. The van der Waals surface area contributed by atoms with Crippen LogP contribution in [0.15, 0.2) is 60.3 Å². The van der Waals surface area contributed by atoms with E-state index in [1.165, 1.54) is 6.92 Å². The number of anilines is 2. The molecule has 3 atom stereocenters. The summed E-state index contributed by atoms with van der Waals surface area (Å²) in [5, 5.41) is 29.7. The molecular formula is C42H63N5O9Si. The Hall–Kier alpha value is -5.02. The van der Waals surface area contributed by atoms with E-state index in [9.17, 15) is 24.3 Å². The third-order valence-corrected chi connectivity index (χ3v) is 16.4. The minimum atomic E-state index is -2.42.